The number of hydrogen-bond acceptors (Lipinski definition) is 8. The number of rotatable bonds is 6. The molecule has 1 saturated carbocycles. The summed E-state index contributed by atoms with van der Waals surface area (Å²) < 4.78 is 6.67. The Morgan fingerprint density at radius 2 is 1.85 bits per heavy atom. The van der Waals surface area contributed by atoms with E-state index in [9.17, 15) is 9.59 Å². The van der Waals surface area contributed by atoms with Gasteiger partial charge in [-0.05, 0) is 50.3 Å². The van der Waals surface area contributed by atoms with Crippen molar-refractivity contribution in [1.29, 1.82) is 0 Å². The SMILES string of the molecule is COC(=O)c1ccc(-c2nc(Nc3cnn(C4CCN(C(=O)C5CC5)CC4)c3)ncc2C)cn1. The first kappa shape index (κ1) is 22.0. The monoisotopic (exact) mass is 461 g/mol. The first-order chi connectivity index (χ1) is 16.5. The van der Waals surface area contributed by atoms with Gasteiger partial charge < -0.3 is 15.0 Å². The summed E-state index contributed by atoms with van der Waals surface area (Å²) in [6, 6.07) is 3.67. The third-order valence-corrected chi connectivity index (χ3v) is 6.34. The molecule has 3 aromatic heterocycles. The molecule has 2 fully saturated rings. The molecule has 4 heterocycles. The highest BCUT2D eigenvalue weighted by Gasteiger charge is 2.35. The van der Waals surface area contributed by atoms with Crippen LogP contribution in [0.15, 0.2) is 36.9 Å². The zero-order chi connectivity index (χ0) is 23.7. The number of ether oxygens (including phenoxy) is 1. The molecule has 0 spiro atoms. The highest BCUT2D eigenvalue weighted by molar-refractivity contribution is 5.87. The van der Waals surface area contributed by atoms with Gasteiger partial charge in [0.15, 0.2) is 0 Å². The van der Waals surface area contributed by atoms with Crippen LogP contribution >= 0.6 is 0 Å². The predicted molar refractivity (Wildman–Crippen MR) is 124 cm³/mol. The number of amides is 1. The summed E-state index contributed by atoms with van der Waals surface area (Å²) >= 11 is 0. The second-order valence-electron chi connectivity index (χ2n) is 8.81. The molecule has 0 aromatic carbocycles. The van der Waals surface area contributed by atoms with Crippen LogP contribution in [-0.2, 0) is 9.53 Å². The van der Waals surface area contributed by atoms with Crippen molar-refractivity contribution in [3.8, 4) is 11.3 Å². The van der Waals surface area contributed by atoms with E-state index in [2.05, 4.69) is 25.4 Å². The van der Waals surface area contributed by atoms with Gasteiger partial charge in [0.2, 0.25) is 11.9 Å². The average Bonchev–Trinajstić information content (AvgIpc) is 3.63. The zero-order valence-electron chi connectivity index (χ0n) is 19.3. The quantitative estimate of drug-likeness (QED) is 0.557. The summed E-state index contributed by atoms with van der Waals surface area (Å²) in [5.74, 6) is 0.564. The van der Waals surface area contributed by atoms with Gasteiger partial charge in [0.25, 0.3) is 0 Å². The Morgan fingerprint density at radius 3 is 2.53 bits per heavy atom. The minimum atomic E-state index is -0.481. The van der Waals surface area contributed by atoms with Crippen LogP contribution in [0.5, 0.6) is 0 Å². The van der Waals surface area contributed by atoms with E-state index in [0.29, 0.717) is 11.9 Å². The van der Waals surface area contributed by atoms with Crippen molar-refractivity contribution in [1.82, 2.24) is 29.6 Å². The highest BCUT2D eigenvalue weighted by Crippen LogP contribution is 2.33. The van der Waals surface area contributed by atoms with Gasteiger partial charge in [0.05, 0.1) is 30.7 Å². The molecule has 1 saturated heterocycles. The van der Waals surface area contributed by atoms with Gasteiger partial charge >= 0.3 is 5.97 Å². The Kier molecular flexibility index (Phi) is 5.95. The molecule has 0 atom stereocenters. The second kappa shape index (κ2) is 9.20. The molecule has 10 heteroatoms. The molecular weight excluding hydrogens is 434 g/mol. The van der Waals surface area contributed by atoms with Crippen molar-refractivity contribution in [2.75, 3.05) is 25.5 Å². The Balaban J connectivity index is 1.25. The van der Waals surface area contributed by atoms with Crippen LogP contribution in [0.2, 0.25) is 0 Å². The standard InChI is InChI=1S/C24H27N7O3/c1-15-11-26-24(29-21(15)17-5-6-20(25-12-17)23(33)34-2)28-18-13-27-31(14-18)19-7-9-30(10-8-19)22(32)16-3-4-16/h5-6,11-14,16,19H,3-4,7-10H2,1-2H3,(H,26,28,29). The van der Waals surface area contributed by atoms with E-state index in [1.54, 1.807) is 30.7 Å². The molecule has 0 unspecified atom stereocenters. The maximum atomic E-state index is 12.3. The van der Waals surface area contributed by atoms with E-state index in [0.717, 1.165) is 61.3 Å². The zero-order valence-corrected chi connectivity index (χ0v) is 19.3. The molecule has 34 heavy (non-hydrogen) atoms. The first-order valence-electron chi connectivity index (χ1n) is 11.5. The van der Waals surface area contributed by atoms with Gasteiger partial charge in [-0.1, -0.05) is 0 Å². The highest BCUT2D eigenvalue weighted by atomic mass is 16.5. The third-order valence-electron chi connectivity index (χ3n) is 6.34. The van der Waals surface area contributed by atoms with Crippen molar-refractivity contribution >= 4 is 23.5 Å². The summed E-state index contributed by atoms with van der Waals surface area (Å²) in [5, 5.41) is 7.75. The number of hydrogen-bond donors (Lipinski definition) is 1. The lowest BCUT2D eigenvalue weighted by Crippen LogP contribution is -2.39. The van der Waals surface area contributed by atoms with Crippen molar-refractivity contribution in [3.63, 3.8) is 0 Å². The maximum absolute atomic E-state index is 12.3. The Morgan fingerprint density at radius 1 is 1.06 bits per heavy atom. The normalized spacial score (nSPS) is 16.4. The van der Waals surface area contributed by atoms with E-state index in [-0.39, 0.29) is 17.7 Å². The minimum Gasteiger partial charge on any atom is -0.464 e. The lowest BCUT2D eigenvalue weighted by molar-refractivity contribution is -0.133. The van der Waals surface area contributed by atoms with Crippen LogP contribution in [-0.4, -0.2) is 61.7 Å². The first-order valence-corrected chi connectivity index (χ1v) is 11.5. The average molecular weight is 462 g/mol. The molecule has 1 aliphatic carbocycles. The van der Waals surface area contributed by atoms with Crippen molar-refractivity contribution in [3.05, 3.63) is 48.2 Å². The maximum Gasteiger partial charge on any atom is 0.356 e. The fourth-order valence-corrected chi connectivity index (χ4v) is 4.22. The molecule has 1 aliphatic heterocycles. The number of methoxy groups -OCH3 is 1. The number of nitrogens with one attached hydrogen (secondary N) is 1. The number of pyridine rings is 1. The summed E-state index contributed by atoms with van der Waals surface area (Å²) in [6.07, 6.45) is 11.0. The Hall–Kier alpha value is -3.82. The number of carbonyl (C=O) groups is 2. The second-order valence-corrected chi connectivity index (χ2v) is 8.81. The smallest absolute Gasteiger partial charge is 0.356 e. The van der Waals surface area contributed by atoms with Gasteiger partial charge in [-0.3, -0.25) is 9.48 Å². The molecule has 3 aromatic rings. The van der Waals surface area contributed by atoms with Crippen LogP contribution in [0.3, 0.4) is 0 Å². The lowest BCUT2D eigenvalue weighted by Gasteiger charge is -2.32. The molecule has 2 aliphatic rings. The van der Waals surface area contributed by atoms with Gasteiger partial charge in [-0.15, -0.1) is 0 Å². The van der Waals surface area contributed by atoms with Crippen LogP contribution < -0.4 is 5.32 Å². The number of anilines is 2. The van der Waals surface area contributed by atoms with E-state index >= 15 is 0 Å². The minimum absolute atomic E-state index is 0.242. The van der Waals surface area contributed by atoms with Crippen molar-refractivity contribution in [2.24, 2.45) is 5.92 Å². The van der Waals surface area contributed by atoms with Crippen LogP contribution in [0.1, 0.15) is 47.8 Å². The van der Waals surface area contributed by atoms with E-state index in [4.69, 9.17) is 4.74 Å². The van der Waals surface area contributed by atoms with Crippen molar-refractivity contribution in [2.45, 2.75) is 38.6 Å². The number of aromatic nitrogens is 5. The van der Waals surface area contributed by atoms with Crippen molar-refractivity contribution < 1.29 is 14.3 Å². The molecule has 10 nitrogen and oxygen atoms in total. The largest absolute Gasteiger partial charge is 0.464 e. The molecule has 5 rings (SSSR count). The Bertz CT molecular complexity index is 1200. The summed E-state index contributed by atoms with van der Waals surface area (Å²) in [7, 11) is 1.32. The van der Waals surface area contributed by atoms with Gasteiger partial charge in [-0.25, -0.2) is 19.7 Å². The van der Waals surface area contributed by atoms with Crippen LogP contribution in [0, 0.1) is 12.8 Å². The number of likely N-dealkylation sites (tertiary alicyclic amines) is 1. The number of aryl methyl sites for hydroxylation is 1. The summed E-state index contributed by atoms with van der Waals surface area (Å²) in [6.45, 7) is 3.50. The number of piperidine rings is 1. The van der Waals surface area contributed by atoms with Gasteiger partial charge in [-0.2, -0.15) is 5.10 Å². The molecular formula is C24H27N7O3. The Labute approximate surface area is 197 Å². The van der Waals surface area contributed by atoms with E-state index in [1.807, 2.05) is 22.7 Å². The fraction of sp³-hybridized carbons (Fsp3) is 0.417. The van der Waals surface area contributed by atoms with Gasteiger partial charge in [0, 0.05) is 43.2 Å². The number of carbonyl (C=O) groups excluding carboxylic acids is 2. The predicted octanol–water partition coefficient (Wildman–Crippen LogP) is 3.15. The number of esters is 1. The van der Waals surface area contributed by atoms with Crippen LogP contribution in [0.4, 0.5) is 11.6 Å². The third kappa shape index (κ3) is 4.61. The number of nitrogens with zero attached hydrogens (tertiary/aromatic N) is 6. The molecule has 0 bridgehead atoms. The van der Waals surface area contributed by atoms with E-state index in [1.165, 1.54) is 7.11 Å². The summed E-state index contributed by atoms with van der Waals surface area (Å²) in [4.78, 5) is 39.1. The van der Waals surface area contributed by atoms with E-state index < -0.39 is 5.97 Å². The van der Waals surface area contributed by atoms with Crippen LogP contribution in [0.25, 0.3) is 11.3 Å². The molecule has 1 amide bonds. The fourth-order valence-electron chi connectivity index (χ4n) is 4.22. The summed E-state index contributed by atoms with van der Waals surface area (Å²) in [5.41, 5.74) is 3.43. The molecule has 1 N–H and O–H groups in total. The van der Waals surface area contributed by atoms with Gasteiger partial charge in [0.1, 0.15) is 5.69 Å². The molecule has 176 valence electrons. The lowest BCUT2D eigenvalue weighted by atomic mass is 10.0. The molecule has 0 radical (unpaired) electrons. The topological polar surface area (TPSA) is 115 Å².